The second kappa shape index (κ2) is 6.78. The Hall–Kier alpha value is -1.51. The molecule has 0 unspecified atom stereocenters. The van der Waals surface area contributed by atoms with Crippen molar-refractivity contribution in [3.05, 3.63) is 30.1 Å². The summed E-state index contributed by atoms with van der Waals surface area (Å²) in [5, 5.41) is 2.98. The van der Waals surface area contributed by atoms with Crippen molar-refractivity contribution in [1.82, 2.24) is 9.62 Å². The molecule has 0 bridgehead atoms. The van der Waals surface area contributed by atoms with E-state index in [1.807, 2.05) is 6.92 Å². The first-order chi connectivity index (χ1) is 11.4. The molecule has 2 aliphatic rings. The molecule has 1 saturated heterocycles. The number of rotatable bonds is 5. The van der Waals surface area contributed by atoms with Crippen molar-refractivity contribution in [3.63, 3.8) is 0 Å². The Balaban J connectivity index is 1.62. The number of hydrogen-bond acceptors (Lipinski definition) is 3. The fourth-order valence-corrected chi connectivity index (χ4v) is 4.49. The van der Waals surface area contributed by atoms with E-state index in [1.54, 1.807) is 0 Å². The van der Waals surface area contributed by atoms with E-state index in [2.05, 4.69) is 5.32 Å². The van der Waals surface area contributed by atoms with Crippen LogP contribution in [-0.4, -0.2) is 56.9 Å². The third kappa shape index (κ3) is 3.60. The van der Waals surface area contributed by atoms with Crippen molar-refractivity contribution in [2.75, 3.05) is 26.2 Å². The van der Waals surface area contributed by atoms with Crippen LogP contribution in [0.25, 0.3) is 0 Å². The second-order valence-corrected chi connectivity index (χ2v) is 8.40. The molecule has 0 aromatic heterocycles. The molecule has 1 aliphatic heterocycles. The van der Waals surface area contributed by atoms with E-state index >= 15 is 0 Å². The molecule has 2 N–H and O–H groups in total. The Morgan fingerprint density at radius 2 is 1.92 bits per heavy atom. The number of carbonyl (C=O) groups is 1. The molecule has 1 atom stereocenters. The first kappa shape index (κ1) is 17.3. The minimum Gasteiger partial charge on any atom is -0.348 e. The quantitative estimate of drug-likeness (QED) is 0.739. The van der Waals surface area contributed by atoms with Gasteiger partial charge in [-0.05, 0) is 31.9 Å². The van der Waals surface area contributed by atoms with Gasteiger partial charge in [-0.1, -0.05) is 12.1 Å². The zero-order valence-electron chi connectivity index (χ0n) is 13.7. The summed E-state index contributed by atoms with van der Waals surface area (Å²) in [6, 6.07) is 5.54. The van der Waals surface area contributed by atoms with Crippen molar-refractivity contribution >= 4 is 15.9 Å². The lowest BCUT2D eigenvalue weighted by Crippen LogP contribution is -3.19. The molecule has 1 aliphatic carbocycles. The van der Waals surface area contributed by atoms with E-state index in [-0.39, 0.29) is 29.9 Å². The maximum Gasteiger partial charge on any atom is 0.278 e. The molecule has 0 radical (unpaired) electrons. The van der Waals surface area contributed by atoms with Crippen LogP contribution in [0.2, 0.25) is 0 Å². The highest BCUT2D eigenvalue weighted by atomic mass is 32.2. The number of sulfonamides is 1. The van der Waals surface area contributed by atoms with E-state index in [0.29, 0.717) is 19.1 Å². The highest BCUT2D eigenvalue weighted by Crippen LogP contribution is 2.19. The summed E-state index contributed by atoms with van der Waals surface area (Å²) in [5.74, 6) is -0.706. The molecular weight excluding hydrogens is 333 g/mol. The number of nitrogens with one attached hydrogen (secondary N) is 2. The molecular formula is C16H23FN3O3S+. The molecule has 3 rings (SSSR count). The molecule has 132 valence electrons. The van der Waals surface area contributed by atoms with Crippen LogP contribution >= 0.6 is 0 Å². The van der Waals surface area contributed by atoms with Gasteiger partial charge >= 0.3 is 0 Å². The molecule has 2 fully saturated rings. The van der Waals surface area contributed by atoms with Crippen LogP contribution in [0, 0.1) is 5.82 Å². The number of nitrogens with zero attached hydrogens (tertiary/aromatic N) is 1. The largest absolute Gasteiger partial charge is 0.348 e. The number of halogens is 1. The summed E-state index contributed by atoms with van der Waals surface area (Å²) in [5.41, 5.74) is 0. The van der Waals surface area contributed by atoms with Gasteiger partial charge in [0.15, 0.2) is 6.04 Å². The third-order valence-electron chi connectivity index (χ3n) is 4.75. The minimum absolute atomic E-state index is 0.0258. The summed E-state index contributed by atoms with van der Waals surface area (Å²) in [6.07, 6.45) is 2.09. The highest BCUT2D eigenvalue weighted by Gasteiger charge is 2.36. The van der Waals surface area contributed by atoms with Crippen LogP contribution in [0.4, 0.5) is 4.39 Å². The predicted octanol–water partition coefficient (Wildman–Crippen LogP) is -0.618. The number of benzene rings is 1. The van der Waals surface area contributed by atoms with Crippen molar-refractivity contribution in [1.29, 1.82) is 0 Å². The average Bonchev–Trinajstić information content (AvgIpc) is 3.38. The van der Waals surface area contributed by atoms with Crippen LogP contribution in [0.3, 0.4) is 0 Å². The SMILES string of the molecule is C[C@@H](C(=O)NC1CC1)[NH+]1CCN(S(=O)(=O)c2ccccc2F)CC1. The Kier molecular flexibility index (Phi) is 4.89. The first-order valence-electron chi connectivity index (χ1n) is 8.29. The number of hydrogen-bond donors (Lipinski definition) is 2. The van der Waals surface area contributed by atoms with Crippen LogP contribution < -0.4 is 10.2 Å². The third-order valence-corrected chi connectivity index (χ3v) is 6.68. The van der Waals surface area contributed by atoms with Crippen LogP contribution in [0.5, 0.6) is 0 Å². The number of carbonyl (C=O) groups excluding carboxylic acids is 1. The van der Waals surface area contributed by atoms with E-state index in [1.165, 1.54) is 22.5 Å². The zero-order valence-corrected chi connectivity index (χ0v) is 14.5. The van der Waals surface area contributed by atoms with Crippen molar-refractivity contribution in [2.24, 2.45) is 0 Å². The fraction of sp³-hybridized carbons (Fsp3) is 0.562. The van der Waals surface area contributed by atoms with Gasteiger partial charge in [0, 0.05) is 6.04 Å². The van der Waals surface area contributed by atoms with Gasteiger partial charge in [0.05, 0.1) is 26.2 Å². The van der Waals surface area contributed by atoms with Crippen LogP contribution in [-0.2, 0) is 14.8 Å². The highest BCUT2D eigenvalue weighted by molar-refractivity contribution is 7.89. The molecule has 6 nitrogen and oxygen atoms in total. The first-order valence-corrected chi connectivity index (χ1v) is 9.73. The minimum atomic E-state index is -3.83. The summed E-state index contributed by atoms with van der Waals surface area (Å²) in [6.45, 7) is 3.51. The van der Waals surface area contributed by atoms with Crippen molar-refractivity contribution in [2.45, 2.75) is 36.7 Å². The molecule has 1 aromatic carbocycles. The smallest absolute Gasteiger partial charge is 0.278 e. The molecule has 1 saturated carbocycles. The van der Waals surface area contributed by atoms with Gasteiger partial charge in [0.2, 0.25) is 10.0 Å². The lowest BCUT2D eigenvalue weighted by Gasteiger charge is -2.34. The molecule has 0 spiro atoms. The van der Waals surface area contributed by atoms with Gasteiger partial charge in [0.25, 0.3) is 5.91 Å². The van der Waals surface area contributed by atoms with Gasteiger partial charge in [-0.3, -0.25) is 4.79 Å². The van der Waals surface area contributed by atoms with Crippen molar-refractivity contribution < 1.29 is 22.5 Å². The predicted molar refractivity (Wildman–Crippen MR) is 86.5 cm³/mol. The van der Waals surface area contributed by atoms with E-state index in [4.69, 9.17) is 0 Å². The summed E-state index contributed by atoms with van der Waals surface area (Å²) >= 11 is 0. The monoisotopic (exact) mass is 356 g/mol. The summed E-state index contributed by atoms with van der Waals surface area (Å²) < 4.78 is 40.3. The van der Waals surface area contributed by atoms with E-state index in [0.717, 1.165) is 23.8 Å². The Morgan fingerprint density at radius 3 is 2.50 bits per heavy atom. The maximum atomic E-state index is 13.8. The Bertz CT molecular complexity index is 713. The van der Waals surface area contributed by atoms with Crippen LogP contribution in [0.1, 0.15) is 19.8 Å². The molecule has 24 heavy (non-hydrogen) atoms. The lowest BCUT2D eigenvalue weighted by atomic mass is 10.2. The van der Waals surface area contributed by atoms with Crippen molar-refractivity contribution in [3.8, 4) is 0 Å². The van der Waals surface area contributed by atoms with Gasteiger partial charge in [-0.2, -0.15) is 4.31 Å². The number of quaternary nitrogens is 1. The van der Waals surface area contributed by atoms with Gasteiger partial charge in [-0.15, -0.1) is 0 Å². The molecule has 1 amide bonds. The second-order valence-electron chi connectivity index (χ2n) is 6.50. The zero-order chi connectivity index (χ0) is 17.3. The van der Waals surface area contributed by atoms with Gasteiger partial charge < -0.3 is 10.2 Å². The maximum absolute atomic E-state index is 13.8. The van der Waals surface area contributed by atoms with Gasteiger partial charge in [-0.25, -0.2) is 12.8 Å². The lowest BCUT2D eigenvalue weighted by molar-refractivity contribution is -0.917. The normalized spacial score (nSPS) is 21.4. The van der Waals surface area contributed by atoms with Crippen LogP contribution in [0.15, 0.2) is 29.2 Å². The molecule has 8 heteroatoms. The Labute approximate surface area is 141 Å². The standard InChI is InChI=1S/C16H22FN3O3S/c1-12(16(21)18-13-6-7-13)19-8-10-20(11-9-19)24(22,23)15-5-3-2-4-14(15)17/h2-5,12-13H,6-11H2,1H3,(H,18,21)/p+1/t12-/m0/s1. The van der Waals surface area contributed by atoms with E-state index < -0.39 is 15.8 Å². The number of piperazine rings is 1. The average molecular weight is 356 g/mol. The summed E-state index contributed by atoms with van der Waals surface area (Å²) in [7, 11) is -3.83. The molecule has 1 heterocycles. The summed E-state index contributed by atoms with van der Waals surface area (Å²) in [4.78, 5) is 12.9. The topological polar surface area (TPSA) is 70.9 Å². The fourth-order valence-electron chi connectivity index (χ4n) is 2.98. The molecule has 1 aromatic rings. The van der Waals surface area contributed by atoms with E-state index in [9.17, 15) is 17.6 Å². The Morgan fingerprint density at radius 1 is 1.29 bits per heavy atom. The van der Waals surface area contributed by atoms with Gasteiger partial charge in [0.1, 0.15) is 10.7 Å². The number of amides is 1.